The first-order valence-electron chi connectivity index (χ1n) is 8.53. The molecule has 25 heavy (non-hydrogen) atoms. The van der Waals surface area contributed by atoms with E-state index in [0.717, 1.165) is 16.8 Å². The van der Waals surface area contributed by atoms with Crippen molar-refractivity contribution in [3.8, 4) is 0 Å². The van der Waals surface area contributed by atoms with Crippen molar-refractivity contribution in [3.63, 3.8) is 0 Å². The van der Waals surface area contributed by atoms with Crippen LogP contribution in [0.3, 0.4) is 0 Å². The number of hydrogen-bond donors (Lipinski definition) is 2. The van der Waals surface area contributed by atoms with Crippen molar-refractivity contribution in [3.05, 3.63) is 70.3 Å². The van der Waals surface area contributed by atoms with Crippen molar-refractivity contribution >= 4 is 17.7 Å². The Kier molecular flexibility index (Phi) is 5.68. The maximum atomic E-state index is 11.1. The Morgan fingerprint density at radius 1 is 1.12 bits per heavy atom. The minimum atomic E-state index is -0.896. The molecule has 0 spiro atoms. The number of carboxylic acids is 1. The molecule has 2 aromatic rings. The molecule has 0 radical (unpaired) electrons. The fourth-order valence-electron chi connectivity index (χ4n) is 2.62. The molecular formula is C22H27NO2. The van der Waals surface area contributed by atoms with Gasteiger partial charge >= 0.3 is 5.97 Å². The van der Waals surface area contributed by atoms with E-state index in [4.69, 9.17) is 5.11 Å². The van der Waals surface area contributed by atoms with Gasteiger partial charge in [-0.2, -0.15) is 0 Å². The summed E-state index contributed by atoms with van der Waals surface area (Å²) in [7, 11) is 0. The second kappa shape index (κ2) is 7.56. The lowest BCUT2D eigenvalue weighted by molar-refractivity contribution is -0.132. The number of nitrogens with one attached hydrogen (secondary N) is 1. The Balaban J connectivity index is 2.20. The molecule has 132 valence electrons. The number of aryl methyl sites for hydroxylation is 1. The van der Waals surface area contributed by atoms with Gasteiger partial charge in [-0.05, 0) is 48.1 Å². The van der Waals surface area contributed by atoms with Gasteiger partial charge in [0.2, 0.25) is 0 Å². The average Bonchev–Trinajstić information content (AvgIpc) is 2.54. The van der Waals surface area contributed by atoms with Gasteiger partial charge in [0.15, 0.2) is 0 Å². The van der Waals surface area contributed by atoms with Crippen molar-refractivity contribution < 1.29 is 9.90 Å². The molecule has 0 bridgehead atoms. The van der Waals surface area contributed by atoms with Gasteiger partial charge in [0, 0.05) is 23.4 Å². The third kappa shape index (κ3) is 4.96. The molecule has 2 aromatic carbocycles. The zero-order chi connectivity index (χ0) is 18.6. The number of anilines is 1. The minimum Gasteiger partial charge on any atom is -0.478 e. The maximum Gasteiger partial charge on any atom is 0.331 e. The molecule has 0 aliphatic rings. The van der Waals surface area contributed by atoms with E-state index in [2.05, 4.69) is 50.4 Å². The predicted octanol–water partition coefficient (Wildman–Crippen LogP) is 5.39. The first-order chi connectivity index (χ1) is 11.7. The van der Waals surface area contributed by atoms with E-state index in [1.165, 1.54) is 11.1 Å². The minimum absolute atomic E-state index is 0.148. The summed E-state index contributed by atoms with van der Waals surface area (Å²) < 4.78 is 0. The predicted molar refractivity (Wildman–Crippen MR) is 105 cm³/mol. The van der Waals surface area contributed by atoms with Crippen LogP contribution in [0.15, 0.2) is 48.0 Å². The van der Waals surface area contributed by atoms with E-state index >= 15 is 0 Å². The monoisotopic (exact) mass is 337 g/mol. The lowest BCUT2D eigenvalue weighted by atomic mass is 9.87. The van der Waals surface area contributed by atoms with Crippen LogP contribution in [0.4, 0.5) is 5.69 Å². The molecule has 0 saturated carbocycles. The zero-order valence-corrected chi connectivity index (χ0v) is 15.7. The first kappa shape index (κ1) is 18.8. The Morgan fingerprint density at radius 2 is 1.76 bits per heavy atom. The fraction of sp³-hybridized carbons (Fsp3) is 0.318. The number of benzene rings is 2. The summed E-state index contributed by atoms with van der Waals surface area (Å²) in [5.74, 6) is -0.896. The number of rotatable bonds is 5. The second-order valence-electron chi connectivity index (χ2n) is 7.47. The molecule has 3 heteroatoms. The van der Waals surface area contributed by atoms with Crippen LogP contribution in [0.2, 0.25) is 0 Å². The van der Waals surface area contributed by atoms with Crippen molar-refractivity contribution in [2.24, 2.45) is 0 Å². The van der Waals surface area contributed by atoms with Crippen molar-refractivity contribution in [2.45, 2.75) is 46.6 Å². The second-order valence-corrected chi connectivity index (χ2v) is 7.47. The highest BCUT2D eigenvalue weighted by Crippen LogP contribution is 2.25. The lowest BCUT2D eigenvalue weighted by Gasteiger charge is -2.19. The van der Waals surface area contributed by atoms with Gasteiger partial charge in [-0.25, -0.2) is 4.79 Å². The van der Waals surface area contributed by atoms with Crippen molar-refractivity contribution in [1.82, 2.24) is 0 Å². The third-order valence-corrected chi connectivity index (χ3v) is 4.33. The van der Waals surface area contributed by atoms with Gasteiger partial charge in [-0.15, -0.1) is 0 Å². The van der Waals surface area contributed by atoms with E-state index in [0.29, 0.717) is 12.1 Å². The van der Waals surface area contributed by atoms with E-state index < -0.39 is 5.97 Å². The molecular weight excluding hydrogens is 310 g/mol. The highest BCUT2D eigenvalue weighted by atomic mass is 16.4. The third-order valence-electron chi connectivity index (χ3n) is 4.33. The van der Waals surface area contributed by atoms with Crippen LogP contribution in [-0.2, 0) is 16.8 Å². The molecule has 0 aromatic heterocycles. The molecule has 0 aliphatic carbocycles. The molecule has 0 unspecified atom stereocenters. The smallest absolute Gasteiger partial charge is 0.331 e. The molecule has 2 rings (SSSR count). The summed E-state index contributed by atoms with van der Waals surface area (Å²) in [5, 5.41) is 12.6. The van der Waals surface area contributed by atoms with Crippen LogP contribution in [-0.4, -0.2) is 11.1 Å². The molecule has 3 nitrogen and oxygen atoms in total. The van der Waals surface area contributed by atoms with Crippen LogP contribution in [0.25, 0.3) is 6.08 Å². The molecule has 0 fully saturated rings. The largest absolute Gasteiger partial charge is 0.478 e. The lowest BCUT2D eigenvalue weighted by Crippen LogP contribution is -2.11. The van der Waals surface area contributed by atoms with Crippen molar-refractivity contribution in [1.29, 1.82) is 0 Å². The van der Waals surface area contributed by atoms with E-state index in [1.807, 2.05) is 25.1 Å². The highest BCUT2D eigenvalue weighted by Gasteiger charge is 2.13. The molecule has 0 aliphatic heterocycles. The quantitative estimate of drug-likeness (QED) is 0.719. The highest BCUT2D eigenvalue weighted by molar-refractivity contribution is 5.93. The molecule has 0 saturated heterocycles. The Morgan fingerprint density at radius 3 is 2.32 bits per heavy atom. The zero-order valence-electron chi connectivity index (χ0n) is 15.7. The summed E-state index contributed by atoms with van der Waals surface area (Å²) in [6, 6.07) is 14.6. The van der Waals surface area contributed by atoms with Crippen molar-refractivity contribution in [2.75, 3.05) is 5.32 Å². The Bertz CT molecular complexity index is 781. The molecule has 0 amide bonds. The fourth-order valence-corrected chi connectivity index (χ4v) is 2.62. The SMILES string of the molecule is C/C(=C\c1c(C)cccc1NCc1ccc(C(C)(C)C)cc1)C(=O)O. The summed E-state index contributed by atoms with van der Waals surface area (Å²) in [6.07, 6.45) is 1.72. The van der Waals surface area contributed by atoms with Crippen LogP contribution in [0, 0.1) is 6.92 Å². The topological polar surface area (TPSA) is 49.3 Å². The number of carbonyl (C=O) groups is 1. The van der Waals surface area contributed by atoms with Gasteiger partial charge in [0.1, 0.15) is 0 Å². The van der Waals surface area contributed by atoms with E-state index in [9.17, 15) is 4.79 Å². The Labute approximate surface area is 150 Å². The molecule has 0 atom stereocenters. The number of carboxylic acid groups (broad SMARTS) is 1. The summed E-state index contributed by atoms with van der Waals surface area (Å²) in [4.78, 5) is 11.1. The van der Waals surface area contributed by atoms with Gasteiger partial charge in [-0.1, -0.05) is 57.2 Å². The van der Waals surface area contributed by atoms with Crippen LogP contribution >= 0.6 is 0 Å². The van der Waals surface area contributed by atoms with Gasteiger partial charge in [0.25, 0.3) is 0 Å². The van der Waals surface area contributed by atoms with E-state index in [1.54, 1.807) is 13.0 Å². The molecule has 2 N–H and O–H groups in total. The van der Waals surface area contributed by atoms with Gasteiger partial charge in [-0.3, -0.25) is 0 Å². The van der Waals surface area contributed by atoms with E-state index in [-0.39, 0.29) is 5.41 Å². The number of hydrogen-bond acceptors (Lipinski definition) is 2. The van der Waals surface area contributed by atoms with Gasteiger partial charge in [0.05, 0.1) is 0 Å². The summed E-state index contributed by atoms with van der Waals surface area (Å²) in [5.41, 5.74) is 5.90. The standard InChI is InChI=1S/C22H27NO2/c1-15-7-6-8-20(19(15)13-16(2)21(24)25)23-14-17-9-11-18(12-10-17)22(3,4)5/h6-13,23H,14H2,1-5H3,(H,24,25)/b16-13+. The molecule has 0 heterocycles. The maximum absolute atomic E-state index is 11.1. The summed E-state index contributed by atoms with van der Waals surface area (Å²) >= 11 is 0. The van der Waals surface area contributed by atoms with Gasteiger partial charge < -0.3 is 10.4 Å². The normalized spacial score (nSPS) is 12.1. The average molecular weight is 337 g/mol. The van der Waals surface area contributed by atoms with Crippen LogP contribution < -0.4 is 5.32 Å². The van der Waals surface area contributed by atoms with Crippen LogP contribution in [0.5, 0.6) is 0 Å². The first-order valence-corrected chi connectivity index (χ1v) is 8.53. The Hall–Kier alpha value is -2.55. The number of aliphatic carboxylic acids is 1. The van der Waals surface area contributed by atoms with Crippen LogP contribution in [0.1, 0.15) is 49.9 Å². The summed E-state index contributed by atoms with van der Waals surface area (Å²) in [6.45, 7) is 10.9.